The van der Waals surface area contributed by atoms with Gasteiger partial charge in [-0.2, -0.15) is 0 Å². The monoisotopic (exact) mass is 255 g/mol. The zero-order chi connectivity index (χ0) is 12.3. The van der Waals surface area contributed by atoms with Crippen LogP contribution in [0.2, 0.25) is 0 Å². The number of nitrogens with one attached hydrogen (secondary N) is 1. The van der Waals surface area contributed by atoms with E-state index in [1.54, 1.807) is 6.20 Å². The minimum atomic E-state index is -2.92. The van der Waals surface area contributed by atoms with Gasteiger partial charge in [0, 0.05) is 30.3 Å². The van der Waals surface area contributed by atoms with E-state index in [0.29, 0.717) is 6.42 Å². The van der Waals surface area contributed by atoms with E-state index in [9.17, 15) is 8.42 Å². The molecule has 1 aromatic rings. The molecule has 6 heteroatoms. The van der Waals surface area contributed by atoms with Crippen molar-refractivity contribution in [3.63, 3.8) is 0 Å². The van der Waals surface area contributed by atoms with Crippen LogP contribution in [0.5, 0.6) is 0 Å². The summed E-state index contributed by atoms with van der Waals surface area (Å²) < 4.78 is 22.9. The van der Waals surface area contributed by atoms with Crippen molar-refractivity contribution in [2.24, 2.45) is 0 Å². The van der Waals surface area contributed by atoms with Gasteiger partial charge in [-0.15, -0.1) is 0 Å². The molecule has 1 N–H and O–H groups in total. The zero-order valence-corrected chi connectivity index (χ0v) is 10.8. The van der Waals surface area contributed by atoms with Crippen LogP contribution in [0.15, 0.2) is 6.20 Å². The molecule has 0 atom stereocenters. The van der Waals surface area contributed by atoms with Crippen LogP contribution in [0, 0.1) is 0 Å². The molecule has 0 amide bonds. The molecule has 0 fully saturated rings. The Hall–Kier alpha value is -1.01. The molecular formula is C11H17N3O2S. The number of hydrogen-bond donors (Lipinski definition) is 1. The molecule has 0 radical (unpaired) electrons. The van der Waals surface area contributed by atoms with Crippen molar-refractivity contribution >= 4 is 9.84 Å². The van der Waals surface area contributed by atoms with Crippen LogP contribution >= 0.6 is 0 Å². The SMILES string of the molecule is CNCCCc1ncc2c(n1)CCS(=O)(=O)C2. The number of aromatic nitrogens is 2. The van der Waals surface area contributed by atoms with Crippen LogP contribution < -0.4 is 5.32 Å². The van der Waals surface area contributed by atoms with E-state index in [1.165, 1.54) is 0 Å². The fourth-order valence-corrected chi connectivity index (χ4v) is 3.29. The van der Waals surface area contributed by atoms with Gasteiger partial charge >= 0.3 is 0 Å². The fraction of sp³-hybridized carbons (Fsp3) is 0.636. The molecule has 0 aliphatic carbocycles. The van der Waals surface area contributed by atoms with Crippen LogP contribution in [0.25, 0.3) is 0 Å². The highest BCUT2D eigenvalue weighted by atomic mass is 32.2. The van der Waals surface area contributed by atoms with E-state index < -0.39 is 9.84 Å². The number of nitrogens with zero attached hydrogens (tertiary/aromatic N) is 2. The zero-order valence-electron chi connectivity index (χ0n) is 9.94. The Bertz CT molecular complexity index is 499. The minimum absolute atomic E-state index is 0.0964. The number of fused-ring (bicyclic) bond motifs is 1. The number of rotatable bonds is 4. The first kappa shape index (κ1) is 12.4. The van der Waals surface area contributed by atoms with Gasteiger partial charge < -0.3 is 5.32 Å². The first-order valence-corrected chi connectivity index (χ1v) is 7.61. The Labute approximate surface area is 102 Å². The third-order valence-electron chi connectivity index (χ3n) is 2.86. The topological polar surface area (TPSA) is 72.0 Å². The summed E-state index contributed by atoms with van der Waals surface area (Å²) in [6.45, 7) is 0.939. The van der Waals surface area contributed by atoms with Gasteiger partial charge in [0.25, 0.3) is 0 Å². The minimum Gasteiger partial charge on any atom is -0.320 e. The summed E-state index contributed by atoms with van der Waals surface area (Å²) in [6, 6.07) is 0. The molecule has 0 saturated heterocycles. The van der Waals surface area contributed by atoms with Crippen LogP contribution in [-0.2, 0) is 28.4 Å². The molecule has 0 aromatic carbocycles. The highest BCUT2D eigenvalue weighted by molar-refractivity contribution is 7.90. The smallest absolute Gasteiger partial charge is 0.154 e. The number of aryl methyl sites for hydroxylation is 2. The first-order valence-electron chi connectivity index (χ1n) is 5.79. The molecule has 1 aromatic heterocycles. The largest absolute Gasteiger partial charge is 0.320 e. The molecule has 0 bridgehead atoms. The predicted octanol–water partition coefficient (Wildman–Crippen LogP) is 0.0995. The second-order valence-electron chi connectivity index (χ2n) is 4.31. The van der Waals surface area contributed by atoms with Crippen molar-refractivity contribution in [2.75, 3.05) is 19.3 Å². The third kappa shape index (κ3) is 3.23. The van der Waals surface area contributed by atoms with E-state index in [1.807, 2.05) is 7.05 Å². The van der Waals surface area contributed by atoms with Gasteiger partial charge in [0.2, 0.25) is 0 Å². The Morgan fingerprint density at radius 1 is 1.47 bits per heavy atom. The average Bonchev–Trinajstić information content (AvgIpc) is 2.29. The van der Waals surface area contributed by atoms with E-state index in [0.717, 1.165) is 36.5 Å². The average molecular weight is 255 g/mol. The molecule has 0 saturated carbocycles. The highest BCUT2D eigenvalue weighted by Crippen LogP contribution is 2.18. The van der Waals surface area contributed by atoms with Crippen molar-refractivity contribution in [3.05, 3.63) is 23.3 Å². The molecule has 1 aliphatic rings. The third-order valence-corrected chi connectivity index (χ3v) is 4.43. The van der Waals surface area contributed by atoms with Gasteiger partial charge in [0.05, 0.1) is 11.5 Å². The van der Waals surface area contributed by atoms with Gasteiger partial charge in [-0.1, -0.05) is 0 Å². The molecule has 94 valence electrons. The van der Waals surface area contributed by atoms with Crippen molar-refractivity contribution < 1.29 is 8.42 Å². The maximum absolute atomic E-state index is 11.4. The van der Waals surface area contributed by atoms with Gasteiger partial charge in [-0.25, -0.2) is 18.4 Å². The van der Waals surface area contributed by atoms with E-state index in [2.05, 4.69) is 15.3 Å². The lowest BCUT2D eigenvalue weighted by Crippen LogP contribution is -2.21. The predicted molar refractivity (Wildman–Crippen MR) is 65.5 cm³/mol. The second-order valence-corrected chi connectivity index (χ2v) is 6.49. The fourth-order valence-electron chi connectivity index (χ4n) is 1.93. The van der Waals surface area contributed by atoms with Crippen molar-refractivity contribution in [3.8, 4) is 0 Å². The molecule has 1 aliphatic heterocycles. The molecule has 17 heavy (non-hydrogen) atoms. The van der Waals surface area contributed by atoms with Crippen LogP contribution in [0.4, 0.5) is 0 Å². The van der Waals surface area contributed by atoms with Gasteiger partial charge in [0.15, 0.2) is 9.84 Å². The molecule has 5 nitrogen and oxygen atoms in total. The standard InChI is InChI=1S/C11H17N3O2S/c1-12-5-2-3-11-13-7-9-8-17(15,16)6-4-10(9)14-11/h7,12H,2-6,8H2,1H3. The first-order chi connectivity index (χ1) is 8.11. The van der Waals surface area contributed by atoms with E-state index >= 15 is 0 Å². The van der Waals surface area contributed by atoms with Gasteiger partial charge in [-0.05, 0) is 20.0 Å². The maximum Gasteiger partial charge on any atom is 0.154 e. The molecule has 2 rings (SSSR count). The van der Waals surface area contributed by atoms with Crippen LogP contribution in [0.3, 0.4) is 0 Å². The van der Waals surface area contributed by atoms with E-state index in [4.69, 9.17) is 0 Å². The van der Waals surface area contributed by atoms with E-state index in [-0.39, 0.29) is 11.5 Å². The summed E-state index contributed by atoms with van der Waals surface area (Å²) in [4.78, 5) is 8.67. The Morgan fingerprint density at radius 3 is 3.06 bits per heavy atom. The Morgan fingerprint density at radius 2 is 2.29 bits per heavy atom. The summed E-state index contributed by atoms with van der Waals surface area (Å²) in [5.74, 6) is 1.13. The molecule has 2 heterocycles. The second kappa shape index (κ2) is 5.10. The number of sulfone groups is 1. The van der Waals surface area contributed by atoms with Crippen LogP contribution in [-0.4, -0.2) is 37.7 Å². The van der Waals surface area contributed by atoms with Crippen LogP contribution in [0.1, 0.15) is 23.5 Å². The summed E-state index contributed by atoms with van der Waals surface area (Å²) in [6.07, 6.45) is 4.03. The molecular weight excluding hydrogens is 238 g/mol. The normalized spacial score (nSPS) is 17.7. The molecule has 0 unspecified atom stereocenters. The van der Waals surface area contributed by atoms with Gasteiger partial charge in [0.1, 0.15) is 5.82 Å². The summed E-state index contributed by atoms with van der Waals surface area (Å²) in [5, 5.41) is 3.08. The summed E-state index contributed by atoms with van der Waals surface area (Å²) >= 11 is 0. The lowest BCUT2D eigenvalue weighted by molar-refractivity contribution is 0.589. The lowest BCUT2D eigenvalue weighted by atomic mass is 10.2. The van der Waals surface area contributed by atoms with Gasteiger partial charge in [-0.3, -0.25) is 0 Å². The Balaban J connectivity index is 2.10. The molecule has 0 spiro atoms. The van der Waals surface area contributed by atoms with Crippen molar-refractivity contribution in [1.82, 2.24) is 15.3 Å². The maximum atomic E-state index is 11.4. The highest BCUT2D eigenvalue weighted by Gasteiger charge is 2.22. The lowest BCUT2D eigenvalue weighted by Gasteiger charge is -2.15. The number of hydrogen-bond acceptors (Lipinski definition) is 5. The Kier molecular flexibility index (Phi) is 3.73. The van der Waals surface area contributed by atoms with Crippen molar-refractivity contribution in [1.29, 1.82) is 0 Å². The van der Waals surface area contributed by atoms with Crippen molar-refractivity contribution in [2.45, 2.75) is 25.0 Å². The quantitative estimate of drug-likeness (QED) is 0.773. The summed E-state index contributed by atoms with van der Waals surface area (Å²) in [5.41, 5.74) is 1.68. The summed E-state index contributed by atoms with van der Waals surface area (Å²) in [7, 11) is -1.00.